The number of rotatable bonds is 5. The molecule has 0 saturated heterocycles. The van der Waals surface area contributed by atoms with Gasteiger partial charge in [0.1, 0.15) is 30.0 Å². The second-order valence-electron chi connectivity index (χ2n) is 10.4. The fourth-order valence-electron chi connectivity index (χ4n) is 5.68. The maximum absolute atomic E-state index is 12.4. The van der Waals surface area contributed by atoms with Crippen molar-refractivity contribution in [3.63, 3.8) is 0 Å². The van der Waals surface area contributed by atoms with Crippen LogP contribution in [0, 0.1) is 17.2 Å². The predicted molar refractivity (Wildman–Crippen MR) is 138 cm³/mol. The maximum Gasteiger partial charge on any atom is 0.229 e. The highest BCUT2D eigenvalue weighted by Crippen LogP contribution is 2.60. The molecule has 1 aromatic carbocycles. The third kappa shape index (κ3) is 4.20. The number of nitriles is 1. The van der Waals surface area contributed by atoms with Crippen LogP contribution in [0.5, 0.6) is 0 Å². The molecule has 0 bridgehead atoms. The van der Waals surface area contributed by atoms with Gasteiger partial charge in [0.25, 0.3) is 0 Å². The van der Waals surface area contributed by atoms with Gasteiger partial charge in [0, 0.05) is 18.8 Å². The first-order valence-electron chi connectivity index (χ1n) is 12.0. The van der Waals surface area contributed by atoms with Crippen LogP contribution in [0.15, 0.2) is 36.5 Å². The number of nitrogens with one attached hydrogen (secondary N) is 2. The first-order valence-corrected chi connectivity index (χ1v) is 14.6. The topological polar surface area (TPSA) is 107 Å². The van der Waals surface area contributed by atoms with Crippen LogP contribution in [-0.4, -0.2) is 46.8 Å². The summed E-state index contributed by atoms with van der Waals surface area (Å²) >= 11 is 0. The molecule has 6 rings (SSSR count). The number of aromatic nitrogens is 3. The van der Waals surface area contributed by atoms with Crippen LogP contribution in [0.3, 0.4) is 0 Å². The van der Waals surface area contributed by atoms with Gasteiger partial charge in [-0.25, -0.2) is 9.97 Å². The molecule has 3 unspecified atom stereocenters. The SMILES string of the molecule is CN1Cc2cc(Nc3ncc(C#N)c(Nc4cccc(P(C)(C)=O)n4)n3)cc3c2C(CC2CC32)C1. The Labute approximate surface area is 205 Å². The van der Waals surface area contributed by atoms with Crippen molar-refractivity contribution in [2.75, 3.05) is 37.6 Å². The zero-order chi connectivity index (χ0) is 24.3. The number of anilines is 4. The number of fused-ring (bicyclic) bond motifs is 2. The lowest BCUT2D eigenvalue weighted by Crippen LogP contribution is -2.33. The molecule has 0 spiro atoms. The summed E-state index contributed by atoms with van der Waals surface area (Å²) in [5.41, 5.74) is 6.28. The highest BCUT2D eigenvalue weighted by molar-refractivity contribution is 7.69. The molecule has 1 aliphatic heterocycles. The summed E-state index contributed by atoms with van der Waals surface area (Å²) < 4.78 is 12.4. The van der Waals surface area contributed by atoms with Gasteiger partial charge >= 0.3 is 0 Å². The van der Waals surface area contributed by atoms with Crippen molar-refractivity contribution < 1.29 is 4.57 Å². The third-order valence-corrected chi connectivity index (χ3v) is 8.64. The Morgan fingerprint density at radius 1 is 1.17 bits per heavy atom. The van der Waals surface area contributed by atoms with Crippen molar-refractivity contribution in [3.05, 3.63) is 58.8 Å². The molecular weight excluding hydrogens is 457 g/mol. The van der Waals surface area contributed by atoms with Gasteiger partial charge in [0.15, 0.2) is 5.82 Å². The van der Waals surface area contributed by atoms with Crippen LogP contribution in [-0.2, 0) is 11.1 Å². The highest BCUT2D eigenvalue weighted by atomic mass is 31.2. The molecule has 1 saturated carbocycles. The predicted octanol–water partition coefficient (Wildman–Crippen LogP) is 4.51. The van der Waals surface area contributed by atoms with Crippen LogP contribution in [0.2, 0.25) is 0 Å². The minimum atomic E-state index is -2.51. The lowest BCUT2D eigenvalue weighted by Gasteiger charge is -2.37. The first-order chi connectivity index (χ1) is 16.8. The average Bonchev–Trinajstić information content (AvgIpc) is 3.58. The van der Waals surface area contributed by atoms with E-state index in [0.717, 1.165) is 24.7 Å². The van der Waals surface area contributed by atoms with Crippen molar-refractivity contribution in [3.8, 4) is 6.07 Å². The van der Waals surface area contributed by atoms with Crippen molar-refractivity contribution >= 4 is 35.8 Å². The Balaban J connectivity index is 1.31. The molecule has 35 heavy (non-hydrogen) atoms. The number of likely N-dealkylation sites (N-methyl/N-ethyl adjacent to an activating group) is 1. The van der Waals surface area contributed by atoms with Crippen molar-refractivity contribution in [1.82, 2.24) is 19.9 Å². The van der Waals surface area contributed by atoms with E-state index in [2.05, 4.69) is 55.7 Å². The number of hydrogen-bond acceptors (Lipinski definition) is 8. The summed E-state index contributed by atoms with van der Waals surface area (Å²) in [6.45, 7) is 5.46. The zero-order valence-electron chi connectivity index (χ0n) is 20.1. The molecule has 2 aromatic heterocycles. The Morgan fingerprint density at radius 2 is 2.03 bits per heavy atom. The second kappa shape index (κ2) is 8.15. The maximum atomic E-state index is 12.4. The van der Waals surface area contributed by atoms with Gasteiger partial charge in [0.2, 0.25) is 5.95 Å². The summed E-state index contributed by atoms with van der Waals surface area (Å²) in [6, 6.07) is 12.0. The highest BCUT2D eigenvalue weighted by Gasteiger charge is 2.47. The Hall–Kier alpha value is -3.27. The van der Waals surface area contributed by atoms with Crippen molar-refractivity contribution in [2.45, 2.75) is 31.2 Å². The van der Waals surface area contributed by atoms with E-state index in [0.29, 0.717) is 40.4 Å². The van der Waals surface area contributed by atoms with E-state index in [-0.39, 0.29) is 0 Å². The van der Waals surface area contributed by atoms with Gasteiger partial charge in [-0.1, -0.05) is 6.07 Å². The monoisotopic (exact) mass is 485 g/mol. The van der Waals surface area contributed by atoms with Crippen molar-refractivity contribution in [1.29, 1.82) is 5.26 Å². The normalized spacial score (nSPS) is 22.5. The van der Waals surface area contributed by atoms with Gasteiger partial charge in [-0.2, -0.15) is 10.2 Å². The van der Waals surface area contributed by atoms with E-state index >= 15 is 0 Å². The first kappa shape index (κ1) is 22.2. The van der Waals surface area contributed by atoms with E-state index in [1.165, 1.54) is 30.2 Å². The Bertz CT molecular complexity index is 1420. The summed E-state index contributed by atoms with van der Waals surface area (Å²) in [5, 5.41) is 16.1. The minimum absolute atomic E-state index is 0.310. The standard InChI is InChI=1S/C26H28N7OP/c1-33-13-16-7-15-9-20(15)21-10-19(8-17(14-33)24(16)21)29-26-28-12-18(11-27)25(32-26)31-22-5-4-6-23(30-22)35(2,3)34/h4-6,8,10,12,15-16,20H,7,9,13-14H2,1-3H3,(H2,28,29,30,31,32). The molecule has 0 radical (unpaired) electrons. The van der Waals surface area contributed by atoms with Crippen LogP contribution in [0.1, 0.15) is 46.9 Å². The average molecular weight is 486 g/mol. The summed E-state index contributed by atoms with van der Waals surface area (Å²) in [6.07, 6.45) is 4.12. The fourth-order valence-corrected chi connectivity index (χ4v) is 6.47. The lowest BCUT2D eigenvalue weighted by atomic mass is 9.77. The fraction of sp³-hybridized carbons (Fsp3) is 0.385. The lowest BCUT2D eigenvalue weighted by molar-refractivity contribution is 0.265. The largest absolute Gasteiger partial charge is 0.324 e. The van der Waals surface area contributed by atoms with E-state index in [9.17, 15) is 9.83 Å². The quantitative estimate of drug-likeness (QED) is 0.508. The molecule has 0 amide bonds. The van der Waals surface area contributed by atoms with Crippen molar-refractivity contribution in [2.24, 2.45) is 5.92 Å². The third-order valence-electron chi connectivity index (χ3n) is 7.29. The molecule has 3 aromatic rings. The van der Waals surface area contributed by atoms with E-state index in [4.69, 9.17) is 0 Å². The van der Waals surface area contributed by atoms with E-state index in [1.807, 2.05) is 0 Å². The van der Waals surface area contributed by atoms with Crippen LogP contribution in [0.25, 0.3) is 0 Å². The molecule has 2 N–H and O–H groups in total. The smallest absolute Gasteiger partial charge is 0.229 e. The molecular formula is C26H28N7OP. The van der Waals surface area contributed by atoms with Crippen LogP contribution < -0.4 is 16.1 Å². The van der Waals surface area contributed by atoms with Gasteiger partial charge in [-0.15, -0.1) is 0 Å². The van der Waals surface area contributed by atoms with Gasteiger partial charge in [-0.05, 0) is 91.9 Å². The summed E-state index contributed by atoms with van der Waals surface area (Å²) in [4.78, 5) is 15.9. The molecule has 3 atom stereocenters. The molecule has 3 aliphatic rings. The molecule has 8 nitrogen and oxygen atoms in total. The second-order valence-corrected chi connectivity index (χ2v) is 13.6. The molecule has 3 heterocycles. The molecule has 1 fully saturated rings. The van der Waals surface area contributed by atoms with Crippen LogP contribution >= 0.6 is 7.14 Å². The van der Waals surface area contributed by atoms with Crippen LogP contribution in [0.4, 0.5) is 23.3 Å². The Kier molecular flexibility index (Phi) is 5.17. The van der Waals surface area contributed by atoms with E-state index in [1.54, 1.807) is 37.1 Å². The van der Waals surface area contributed by atoms with E-state index < -0.39 is 7.14 Å². The Morgan fingerprint density at radius 3 is 2.83 bits per heavy atom. The molecule has 178 valence electrons. The van der Waals surface area contributed by atoms with Gasteiger partial charge < -0.3 is 20.1 Å². The summed E-state index contributed by atoms with van der Waals surface area (Å²) in [7, 11) is -0.315. The summed E-state index contributed by atoms with van der Waals surface area (Å²) in [5.74, 6) is 3.42. The number of benzene rings is 1. The number of pyridine rings is 1. The van der Waals surface area contributed by atoms with Gasteiger partial charge in [-0.3, -0.25) is 0 Å². The minimum Gasteiger partial charge on any atom is -0.324 e. The zero-order valence-corrected chi connectivity index (χ0v) is 21.0. The molecule has 9 heteroatoms. The number of nitrogens with zero attached hydrogens (tertiary/aromatic N) is 5. The van der Waals surface area contributed by atoms with Gasteiger partial charge in [0.05, 0.1) is 6.20 Å². The molecule has 2 aliphatic carbocycles. The number of hydrogen-bond donors (Lipinski definition) is 2.